The molecule has 1 aromatic carbocycles. The summed E-state index contributed by atoms with van der Waals surface area (Å²) in [4.78, 5) is 14.0. The molecule has 28 heavy (non-hydrogen) atoms. The van der Waals surface area contributed by atoms with Gasteiger partial charge in [0.15, 0.2) is 10.6 Å². The van der Waals surface area contributed by atoms with Crippen molar-refractivity contribution in [1.29, 1.82) is 0 Å². The summed E-state index contributed by atoms with van der Waals surface area (Å²) in [7, 11) is 3.49. The molecule has 0 aliphatic rings. The zero-order valence-electron chi connectivity index (χ0n) is 17.2. The van der Waals surface area contributed by atoms with Crippen LogP contribution in [-0.4, -0.2) is 51.4 Å². The minimum atomic E-state index is -0.267. The predicted octanol–water partition coefficient (Wildman–Crippen LogP) is 3.08. The first-order chi connectivity index (χ1) is 13.2. The van der Waals surface area contributed by atoms with Gasteiger partial charge in [0, 0.05) is 12.1 Å². The van der Waals surface area contributed by atoms with Gasteiger partial charge in [-0.25, -0.2) is 4.68 Å². The second kappa shape index (κ2) is 9.16. The first-order valence-corrected chi connectivity index (χ1v) is 9.48. The van der Waals surface area contributed by atoms with Crippen LogP contribution >= 0.6 is 12.2 Å². The van der Waals surface area contributed by atoms with E-state index >= 15 is 0 Å². The highest BCUT2D eigenvalue weighted by molar-refractivity contribution is 7.71. The van der Waals surface area contributed by atoms with Crippen molar-refractivity contribution in [2.24, 2.45) is 0 Å². The highest BCUT2D eigenvalue weighted by Gasteiger charge is 2.18. The number of ether oxygens (including phenoxy) is 1. The molecule has 7 nitrogen and oxygen atoms in total. The van der Waals surface area contributed by atoms with E-state index in [1.165, 1.54) is 0 Å². The number of likely N-dealkylation sites (N-methyl/N-ethyl adjacent to an activating group) is 1. The molecule has 0 fully saturated rings. The molecule has 0 saturated carbocycles. The Hall–Kier alpha value is -2.45. The van der Waals surface area contributed by atoms with Crippen molar-refractivity contribution >= 4 is 18.1 Å². The van der Waals surface area contributed by atoms with E-state index in [0.29, 0.717) is 23.8 Å². The number of carbonyl (C=O) groups is 1. The largest absolute Gasteiger partial charge is 0.496 e. The van der Waals surface area contributed by atoms with Crippen molar-refractivity contribution in [2.45, 2.75) is 39.5 Å². The van der Waals surface area contributed by atoms with Gasteiger partial charge in [0.1, 0.15) is 5.75 Å². The van der Waals surface area contributed by atoms with Gasteiger partial charge in [-0.3, -0.25) is 14.3 Å². The number of hydrogen-bond acceptors (Lipinski definition) is 5. The molecule has 0 aliphatic carbocycles. The Morgan fingerprint density at radius 3 is 2.68 bits per heavy atom. The standard InChI is InChI=1S/C20H29N5O2S/c1-7-12-24-18(15-10-8-9-11-16(15)27-6)22-25(19(24)28)14-23(5)13-17(26)21-20(2,3)4/h7-11H,1,12-14H2,2-6H3,(H,21,26). The van der Waals surface area contributed by atoms with E-state index in [-0.39, 0.29) is 18.0 Å². The summed E-state index contributed by atoms with van der Waals surface area (Å²) in [6.07, 6.45) is 1.78. The molecule has 0 radical (unpaired) electrons. The van der Waals surface area contributed by atoms with Gasteiger partial charge in [0.2, 0.25) is 5.91 Å². The van der Waals surface area contributed by atoms with Crippen molar-refractivity contribution in [3.05, 3.63) is 41.7 Å². The summed E-state index contributed by atoms with van der Waals surface area (Å²) in [5.41, 5.74) is 0.585. The molecule has 0 aliphatic heterocycles. The van der Waals surface area contributed by atoms with Crippen LogP contribution in [0.1, 0.15) is 20.8 Å². The number of nitrogens with one attached hydrogen (secondary N) is 1. The van der Waals surface area contributed by atoms with E-state index in [2.05, 4.69) is 11.9 Å². The lowest BCUT2D eigenvalue weighted by Gasteiger charge is -2.23. The first-order valence-electron chi connectivity index (χ1n) is 9.07. The molecule has 1 heterocycles. The molecular weight excluding hydrogens is 374 g/mol. The van der Waals surface area contributed by atoms with Gasteiger partial charge in [-0.2, -0.15) is 5.10 Å². The summed E-state index contributed by atoms with van der Waals surface area (Å²) >= 11 is 5.63. The van der Waals surface area contributed by atoms with Gasteiger partial charge in [0.05, 0.1) is 25.9 Å². The Morgan fingerprint density at radius 1 is 1.39 bits per heavy atom. The third kappa shape index (κ3) is 5.53. The third-order valence-electron chi connectivity index (χ3n) is 3.89. The first kappa shape index (κ1) is 21.8. The van der Waals surface area contributed by atoms with Gasteiger partial charge in [-0.1, -0.05) is 18.2 Å². The zero-order chi connectivity index (χ0) is 20.9. The lowest BCUT2D eigenvalue weighted by atomic mass is 10.1. The number of aromatic nitrogens is 3. The lowest BCUT2D eigenvalue weighted by Crippen LogP contribution is -2.45. The Bertz CT molecular complexity index is 895. The highest BCUT2D eigenvalue weighted by atomic mass is 32.1. The maximum Gasteiger partial charge on any atom is 0.234 e. The van der Waals surface area contributed by atoms with E-state index in [0.717, 1.165) is 11.3 Å². The molecule has 1 aromatic heterocycles. The predicted molar refractivity (Wildman–Crippen MR) is 114 cm³/mol. The molecule has 0 bridgehead atoms. The van der Waals surface area contributed by atoms with Crippen LogP contribution in [0.3, 0.4) is 0 Å². The fourth-order valence-corrected chi connectivity index (χ4v) is 3.10. The second-order valence-electron chi connectivity index (χ2n) is 7.66. The van der Waals surface area contributed by atoms with Gasteiger partial charge < -0.3 is 10.1 Å². The van der Waals surface area contributed by atoms with Gasteiger partial charge in [-0.15, -0.1) is 6.58 Å². The van der Waals surface area contributed by atoms with E-state index in [9.17, 15) is 4.79 Å². The van der Waals surface area contributed by atoms with Crippen LogP contribution in [-0.2, 0) is 18.0 Å². The fourth-order valence-electron chi connectivity index (χ4n) is 2.84. The van der Waals surface area contributed by atoms with Crippen molar-refractivity contribution < 1.29 is 9.53 Å². The van der Waals surface area contributed by atoms with Crippen LogP contribution in [0.15, 0.2) is 36.9 Å². The van der Waals surface area contributed by atoms with Crippen LogP contribution in [0, 0.1) is 4.77 Å². The van der Waals surface area contributed by atoms with Crippen LogP contribution < -0.4 is 10.1 Å². The van der Waals surface area contributed by atoms with Gasteiger partial charge in [-0.05, 0) is 52.2 Å². The summed E-state index contributed by atoms with van der Waals surface area (Å²) < 4.78 is 9.65. The number of amides is 1. The molecule has 0 saturated heterocycles. The summed E-state index contributed by atoms with van der Waals surface area (Å²) in [5, 5.41) is 7.66. The monoisotopic (exact) mass is 403 g/mol. The number of para-hydroxylation sites is 1. The van der Waals surface area contributed by atoms with Gasteiger partial charge >= 0.3 is 0 Å². The molecule has 0 unspecified atom stereocenters. The van der Waals surface area contributed by atoms with Crippen LogP contribution in [0.4, 0.5) is 0 Å². The summed E-state index contributed by atoms with van der Waals surface area (Å²) in [6.45, 7) is 10.9. The number of nitrogens with zero attached hydrogens (tertiary/aromatic N) is 4. The van der Waals surface area contributed by atoms with Crippen LogP contribution in [0.2, 0.25) is 0 Å². The molecule has 2 aromatic rings. The minimum absolute atomic E-state index is 0.0444. The number of allylic oxidation sites excluding steroid dienone is 1. The molecule has 1 N–H and O–H groups in total. The molecule has 152 valence electrons. The number of carbonyl (C=O) groups excluding carboxylic acids is 1. The zero-order valence-corrected chi connectivity index (χ0v) is 18.0. The average Bonchev–Trinajstić information content (AvgIpc) is 2.89. The number of rotatable bonds is 8. The molecule has 0 spiro atoms. The van der Waals surface area contributed by atoms with Crippen molar-refractivity contribution in [1.82, 2.24) is 24.6 Å². The van der Waals surface area contributed by atoms with E-state index < -0.39 is 0 Å². The van der Waals surface area contributed by atoms with E-state index in [1.807, 2.05) is 61.6 Å². The van der Waals surface area contributed by atoms with Gasteiger partial charge in [0.25, 0.3) is 0 Å². The molecule has 1 amide bonds. The molecule has 2 rings (SSSR count). The summed E-state index contributed by atoms with van der Waals surface area (Å²) in [5.74, 6) is 1.38. The Morgan fingerprint density at radius 2 is 2.07 bits per heavy atom. The van der Waals surface area contributed by atoms with E-state index in [4.69, 9.17) is 22.1 Å². The molecule has 8 heteroatoms. The quantitative estimate of drug-likeness (QED) is 0.542. The number of methoxy groups -OCH3 is 1. The topological polar surface area (TPSA) is 64.3 Å². The van der Waals surface area contributed by atoms with E-state index in [1.54, 1.807) is 17.9 Å². The highest BCUT2D eigenvalue weighted by Crippen LogP contribution is 2.28. The minimum Gasteiger partial charge on any atom is -0.496 e. The van der Waals surface area contributed by atoms with Crippen LogP contribution in [0.5, 0.6) is 5.75 Å². The average molecular weight is 404 g/mol. The van der Waals surface area contributed by atoms with Crippen molar-refractivity contribution in [2.75, 3.05) is 20.7 Å². The third-order valence-corrected chi connectivity index (χ3v) is 4.32. The number of benzene rings is 1. The fraction of sp³-hybridized carbons (Fsp3) is 0.450. The Kier molecular flexibility index (Phi) is 7.15. The molecule has 0 atom stereocenters. The van der Waals surface area contributed by atoms with Crippen LogP contribution in [0.25, 0.3) is 11.4 Å². The normalized spacial score (nSPS) is 11.5. The summed E-state index contributed by atoms with van der Waals surface area (Å²) in [6, 6.07) is 7.67. The maximum atomic E-state index is 12.2. The Balaban J connectivity index is 2.30. The smallest absolute Gasteiger partial charge is 0.234 e. The molecular formula is C20H29N5O2S. The lowest BCUT2D eigenvalue weighted by molar-refractivity contribution is -0.123. The SMILES string of the molecule is C=CCn1c(-c2ccccc2OC)nn(CN(C)CC(=O)NC(C)(C)C)c1=S. The Labute approximate surface area is 171 Å². The van der Waals surface area contributed by atoms with Crippen molar-refractivity contribution in [3.63, 3.8) is 0 Å². The second-order valence-corrected chi connectivity index (χ2v) is 8.02. The number of hydrogen-bond donors (Lipinski definition) is 1. The van der Waals surface area contributed by atoms with Crippen molar-refractivity contribution in [3.8, 4) is 17.1 Å². The maximum absolute atomic E-state index is 12.2.